The first-order chi connectivity index (χ1) is 13.8. The highest BCUT2D eigenvalue weighted by molar-refractivity contribution is 5.68. The number of benzene rings is 1. The van der Waals surface area contributed by atoms with Crippen LogP contribution in [0.15, 0.2) is 30.3 Å². The Bertz CT molecular complexity index is 590. The molecule has 29 heavy (non-hydrogen) atoms. The van der Waals surface area contributed by atoms with Gasteiger partial charge in [0.25, 0.3) is 0 Å². The molecule has 0 spiro atoms. The van der Waals surface area contributed by atoms with Gasteiger partial charge in [0, 0.05) is 32.2 Å². The summed E-state index contributed by atoms with van der Waals surface area (Å²) in [7, 11) is 0. The molecule has 8 nitrogen and oxygen atoms in total. The molecular formula is C21H36N4O4. The van der Waals surface area contributed by atoms with Gasteiger partial charge in [-0.25, -0.2) is 9.59 Å². The number of ether oxygens (including phenoxy) is 2. The van der Waals surface area contributed by atoms with E-state index in [9.17, 15) is 9.59 Å². The van der Waals surface area contributed by atoms with E-state index in [4.69, 9.17) is 15.2 Å². The highest BCUT2D eigenvalue weighted by Crippen LogP contribution is 2.08. The van der Waals surface area contributed by atoms with Gasteiger partial charge in [0.2, 0.25) is 0 Å². The highest BCUT2D eigenvalue weighted by atomic mass is 16.6. The number of nitrogens with two attached hydrogens (primary N) is 1. The van der Waals surface area contributed by atoms with Crippen molar-refractivity contribution in [1.82, 2.24) is 16.0 Å². The number of alkyl carbamates (subject to hydrolysis) is 2. The van der Waals surface area contributed by atoms with Crippen LogP contribution in [0.2, 0.25) is 0 Å². The molecule has 8 heteroatoms. The minimum Gasteiger partial charge on any atom is -0.445 e. The Morgan fingerprint density at radius 2 is 1.79 bits per heavy atom. The van der Waals surface area contributed by atoms with Gasteiger partial charge in [-0.15, -0.1) is 0 Å². The summed E-state index contributed by atoms with van der Waals surface area (Å²) < 4.78 is 10.5. The molecule has 0 fully saturated rings. The molecule has 2 amide bonds. The van der Waals surface area contributed by atoms with Crippen molar-refractivity contribution in [3.63, 3.8) is 0 Å². The molecule has 0 saturated carbocycles. The third-order valence-electron chi connectivity index (χ3n) is 3.89. The number of hydrogen-bond acceptors (Lipinski definition) is 6. The topological polar surface area (TPSA) is 115 Å². The van der Waals surface area contributed by atoms with Crippen molar-refractivity contribution < 1.29 is 19.1 Å². The van der Waals surface area contributed by atoms with E-state index in [1.165, 1.54) is 0 Å². The minimum absolute atomic E-state index is 0.0681. The number of carbonyl (C=O) groups is 2. The van der Waals surface area contributed by atoms with E-state index < -0.39 is 17.8 Å². The summed E-state index contributed by atoms with van der Waals surface area (Å²) in [5.74, 6) is 0. The predicted octanol–water partition coefficient (Wildman–Crippen LogP) is 2.52. The smallest absolute Gasteiger partial charge is 0.407 e. The predicted molar refractivity (Wildman–Crippen MR) is 114 cm³/mol. The van der Waals surface area contributed by atoms with Crippen LogP contribution in [0.1, 0.15) is 45.6 Å². The number of nitrogens with one attached hydrogen (secondary N) is 3. The summed E-state index contributed by atoms with van der Waals surface area (Å²) in [6.07, 6.45) is 1.52. The standard InChI is InChI=1S/C21H36N4O4/c1-21(2,3)29-20(27)25-18(15-23-14-12-22)11-7-8-13-24-19(26)28-16-17-9-5-4-6-10-17/h4-6,9-10,18,23H,7-8,11-16,22H2,1-3H3,(H,24,26)(H,25,27). The van der Waals surface area contributed by atoms with Crippen LogP contribution in [-0.4, -0.2) is 50.0 Å². The second-order valence-corrected chi connectivity index (χ2v) is 7.82. The maximum Gasteiger partial charge on any atom is 0.407 e. The van der Waals surface area contributed by atoms with E-state index in [2.05, 4.69) is 16.0 Å². The molecule has 0 aliphatic heterocycles. The maximum absolute atomic E-state index is 12.0. The molecule has 1 unspecified atom stereocenters. The first-order valence-electron chi connectivity index (χ1n) is 10.1. The molecule has 1 rings (SSSR count). The molecule has 164 valence electrons. The molecular weight excluding hydrogens is 372 g/mol. The van der Waals surface area contributed by atoms with Crippen LogP contribution >= 0.6 is 0 Å². The van der Waals surface area contributed by atoms with Crippen LogP contribution in [0.4, 0.5) is 9.59 Å². The molecule has 0 aliphatic carbocycles. The Labute approximate surface area is 173 Å². The fraction of sp³-hybridized carbons (Fsp3) is 0.619. The second kappa shape index (κ2) is 13.8. The van der Waals surface area contributed by atoms with Gasteiger partial charge in [-0.3, -0.25) is 0 Å². The van der Waals surface area contributed by atoms with Gasteiger partial charge >= 0.3 is 12.2 Å². The van der Waals surface area contributed by atoms with Crippen molar-refractivity contribution in [2.75, 3.05) is 26.2 Å². The monoisotopic (exact) mass is 408 g/mol. The van der Waals surface area contributed by atoms with Crippen molar-refractivity contribution in [3.05, 3.63) is 35.9 Å². The van der Waals surface area contributed by atoms with Gasteiger partial charge in [-0.05, 0) is 45.6 Å². The van der Waals surface area contributed by atoms with Crippen molar-refractivity contribution in [1.29, 1.82) is 0 Å². The Kier molecular flexibility index (Phi) is 11.8. The maximum atomic E-state index is 12.0. The van der Waals surface area contributed by atoms with Crippen LogP contribution in [-0.2, 0) is 16.1 Å². The summed E-state index contributed by atoms with van der Waals surface area (Å²) >= 11 is 0. The summed E-state index contributed by atoms with van der Waals surface area (Å²) in [6.45, 7) is 8.09. The van der Waals surface area contributed by atoms with E-state index in [1.807, 2.05) is 51.1 Å². The largest absolute Gasteiger partial charge is 0.445 e. The van der Waals surface area contributed by atoms with Crippen LogP contribution in [0, 0.1) is 0 Å². The normalized spacial score (nSPS) is 12.1. The second-order valence-electron chi connectivity index (χ2n) is 7.82. The Morgan fingerprint density at radius 3 is 2.45 bits per heavy atom. The van der Waals surface area contributed by atoms with E-state index in [1.54, 1.807) is 0 Å². The summed E-state index contributed by atoms with van der Waals surface area (Å²) in [6, 6.07) is 9.47. The van der Waals surface area contributed by atoms with E-state index in [0.717, 1.165) is 24.8 Å². The highest BCUT2D eigenvalue weighted by Gasteiger charge is 2.19. The van der Waals surface area contributed by atoms with Gasteiger partial charge in [0.15, 0.2) is 0 Å². The van der Waals surface area contributed by atoms with Crippen LogP contribution in [0.3, 0.4) is 0 Å². The number of carbonyl (C=O) groups excluding carboxylic acids is 2. The van der Waals surface area contributed by atoms with Crippen molar-refractivity contribution in [2.45, 2.75) is 58.3 Å². The van der Waals surface area contributed by atoms with E-state index in [0.29, 0.717) is 26.2 Å². The lowest BCUT2D eigenvalue weighted by atomic mass is 10.1. The fourth-order valence-electron chi connectivity index (χ4n) is 2.56. The number of amides is 2. The van der Waals surface area contributed by atoms with Crippen LogP contribution in [0.25, 0.3) is 0 Å². The molecule has 0 bridgehead atoms. The Hall–Kier alpha value is -2.32. The minimum atomic E-state index is -0.538. The number of rotatable bonds is 12. The molecule has 0 aliphatic rings. The average Bonchev–Trinajstić information content (AvgIpc) is 2.65. The molecule has 5 N–H and O–H groups in total. The van der Waals surface area contributed by atoms with Gasteiger partial charge < -0.3 is 31.2 Å². The molecule has 0 aromatic heterocycles. The molecule has 1 aromatic rings. The van der Waals surface area contributed by atoms with Crippen molar-refractivity contribution >= 4 is 12.2 Å². The molecule has 0 radical (unpaired) electrons. The lowest BCUT2D eigenvalue weighted by Gasteiger charge is -2.24. The molecule has 1 atom stereocenters. The van der Waals surface area contributed by atoms with Crippen molar-refractivity contribution in [3.8, 4) is 0 Å². The zero-order chi connectivity index (χ0) is 21.5. The number of hydrogen-bond donors (Lipinski definition) is 4. The summed E-state index contributed by atoms with van der Waals surface area (Å²) in [5, 5.41) is 8.85. The fourth-order valence-corrected chi connectivity index (χ4v) is 2.56. The third kappa shape index (κ3) is 13.5. The SMILES string of the molecule is CC(C)(C)OC(=O)NC(CCCCNC(=O)OCc1ccccc1)CNCCN. The average molecular weight is 409 g/mol. The van der Waals surface area contributed by atoms with E-state index >= 15 is 0 Å². The summed E-state index contributed by atoms with van der Waals surface area (Å²) in [5.41, 5.74) is 5.91. The van der Waals surface area contributed by atoms with Gasteiger partial charge in [0.05, 0.1) is 0 Å². The van der Waals surface area contributed by atoms with Crippen molar-refractivity contribution in [2.24, 2.45) is 5.73 Å². The molecule has 0 saturated heterocycles. The first kappa shape index (κ1) is 24.7. The summed E-state index contributed by atoms with van der Waals surface area (Å²) in [4.78, 5) is 23.7. The van der Waals surface area contributed by atoms with Crippen LogP contribution < -0.4 is 21.7 Å². The molecule has 1 aromatic carbocycles. The van der Waals surface area contributed by atoms with Gasteiger partial charge in [-0.1, -0.05) is 30.3 Å². The van der Waals surface area contributed by atoms with Gasteiger partial charge in [0.1, 0.15) is 12.2 Å². The quantitative estimate of drug-likeness (QED) is 0.395. The Balaban J connectivity index is 2.24. The van der Waals surface area contributed by atoms with Gasteiger partial charge in [-0.2, -0.15) is 0 Å². The first-order valence-corrected chi connectivity index (χ1v) is 10.1. The van der Waals surface area contributed by atoms with E-state index in [-0.39, 0.29) is 12.6 Å². The zero-order valence-electron chi connectivity index (χ0n) is 17.8. The molecule has 0 heterocycles. The lowest BCUT2D eigenvalue weighted by Crippen LogP contribution is -2.45. The van der Waals surface area contributed by atoms with Crippen LogP contribution in [0.5, 0.6) is 0 Å². The number of unbranched alkanes of at least 4 members (excludes halogenated alkanes) is 1. The lowest BCUT2D eigenvalue weighted by molar-refractivity contribution is 0.0501. The Morgan fingerprint density at radius 1 is 1.07 bits per heavy atom. The zero-order valence-corrected chi connectivity index (χ0v) is 17.8. The third-order valence-corrected chi connectivity index (χ3v) is 3.89.